The summed E-state index contributed by atoms with van der Waals surface area (Å²) >= 11 is 3.12. The van der Waals surface area contributed by atoms with Gasteiger partial charge in [-0.25, -0.2) is 0 Å². The number of hydrogen-bond acceptors (Lipinski definition) is 6. The smallest absolute Gasteiger partial charge is 0.282 e. The molecule has 0 bridgehead atoms. The summed E-state index contributed by atoms with van der Waals surface area (Å²) in [4.78, 5) is -3.36. The lowest BCUT2D eigenvalue weighted by atomic mass is 10.1. The van der Waals surface area contributed by atoms with Gasteiger partial charge in [-0.3, -0.25) is 13.7 Å². The van der Waals surface area contributed by atoms with E-state index in [9.17, 15) is 34.4 Å². The van der Waals surface area contributed by atoms with Crippen molar-refractivity contribution in [2.24, 2.45) is 0 Å². The predicted octanol–water partition coefficient (Wildman–Crippen LogP) is 1.86. The molecule has 2 rings (SSSR count). The maximum atomic E-state index is 11.6. The molecule has 0 aliphatic carbocycles. The van der Waals surface area contributed by atoms with Gasteiger partial charge >= 0.3 is 0 Å². The number of halogens is 1. The SMILES string of the molecule is O=S(=O)(O)c1cc(S(=O)(=O)O)c(-c2ccc(Br)cc2)c(S(=O)(=O)O)c1. The van der Waals surface area contributed by atoms with Crippen LogP contribution >= 0.6 is 15.9 Å². The van der Waals surface area contributed by atoms with Crippen molar-refractivity contribution < 1.29 is 38.9 Å². The Bertz CT molecular complexity index is 1100. The average Bonchev–Trinajstić information content (AvgIpc) is 2.44. The van der Waals surface area contributed by atoms with Crippen molar-refractivity contribution in [3.63, 3.8) is 0 Å². The van der Waals surface area contributed by atoms with Crippen molar-refractivity contribution >= 4 is 46.3 Å². The molecule has 0 atom stereocenters. The van der Waals surface area contributed by atoms with Crippen LogP contribution in [0.15, 0.2) is 55.6 Å². The Morgan fingerprint density at radius 3 is 1.40 bits per heavy atom. The van der Waals surface area contributed by atoms with Crippen LogP contribution in [0.3, 0.4) is 0 Å². The van der Waals surface area contributed by atoms with Crippen LogP contribution in [0.25, 0.3) is 11.1 Å². The normalized spacial score (nSPS) is 13.0. The summed E-state index contributed by atoms with van der Waals surface area (Å²) < 4.78 is 97.5. The van der Waals surface area contributed by atoms with Gasteiger partial charge < -0.3 is 0 Å². The molecule has 2 aromatic rings. The first-order chi connectivity index (χ1) is 11.2. The minimum Gasteiger partial charge on any atom is -0.282 e. The van der Waals surface area contributed by atoms with E-state index in [4.69, 9.17) is 4.55 Å². The molecule has 9 nitrogen and oxygen atoms in total. The molecule has 0 spiro atoms. The second kappa shape index (κ2) is 6.42. The summed E-state index contributed by atoms with van der Waals surface area (Å²) in [5.41, 5.74) is -0.699. The highest BCUT2D eigenvalue weighted by atomic mass is 79.9. The lowest BCUT2D eigenvalue weighted by molar-refractivity contribution is 0.479. The zero-order chi connectivity index (χ0) is 19.2. The topological polar surface area (TPSA) is 163 Å². The molecule has 0 saturated heterocycles. The number of rotatable bonds is 4. The van der Waals surface area contributed by atoms with Gasteiger partial charge in [-0.15, -0.1) is 0 Å². The van der Waals surface area contributed by atoms with Crippen LogP contribution in [0.4, 0.5) is 0 Å². The molecule has 0 heterocycles. The minimum atomic E-state index is -5.12. The van der Waals surface area contributed by atoms with E-state index in [0.29, 0.717) is 16.6 Å². The van der Waals surface area contributed by atoms with Crippen LogP contribution in [0.1, 0.15) is 0 Å². The van der Waals surface area contributed by atoms with Crippen LogP contribution < -0.4 is 0 Å². The Hall–Kier alpha value is -1.35. The van der Waals surface area contributed by atoms with Crippen LogP contribution in [0.2, 0.25) is 0 Å². The average molecular weight is 473 g/mol. The van der Waals surface area contributed by atoms with Crippen molar-refractivity contribution in [3.8, 4) is 11.1 Å². The molecule has 0 aromatic heterocycles. The quantitative estimate of drug-likeness (QED) is 0.563. The standard InChI is InChI=1S/C12H9BrO9S3/c13-8-3-1-7(2-4-8)12-10(24(17,18)19)5-9(23(14,15)16)6-11(12)25(20,21)22/h1-6H,(H,14,15,16)(H,17,18,19)(H,20,21,22). The first kappa shape index (κ1) is 20.0. The molecular formula is C12H9BrO9S3. The zero-order valence-corrected chi connectivity index (χ0v) is 15.9. The monoisotopic (exact) mass is 472 g/mol. The third-order valence-corrected chi connectivity index (χ3v) is 6.14. The molecule has 0 fully saturated rings. The first-order valence-corrected chi connectivity index (χ1v) is 11.2. The molecule has 0 aliphatic rings. The van der Waals surface area contributed by atoms with Gasteiger partial charge in [0.05, 0.1) is 4.90 Å². The Kier molecular flexibility index (Phi) is 5.13. The van der Waals surface area contributed by atoms with E-state index in [-0.39, 0.29) is 5.56 Å². The third kappa shape index (κ3) is 4.44. The summed E-state index contributed by atoms with van der Waals surface area (Å²) in [5, 5.41) is 0. The van der Waals surface area contributed by atoms with E-state index >= 15 is 0 Å². The second-order valence-electron chi connectivity index (χ2n) is 4.73. The van der Waals surface area contributed by atoms with Gasteiger partial charge in [0.25, 0.3) is 30.4 Å². The van der Waals surface area contributed by atoms with Gasteiger partial charge in [0.2, 0.25) is 0 Å². The van der Waals surface area contributed by atoms with E-state index in [1.54, 1.807) is 0 Å². The Labute approximate surface area is 151 Å². The molecule has 0 unspecified atom stereocenters. The van der Waals surface area contributed by atoms with E-state index in [0.717, 1.165) is 0 Å². The number of benzene rings is 2. The lowest BCUT2D eigenvalue weighted by Crippen LogP contribution is -2.11. The summed E-state index contributed by atoms with van der Waals surface area (Å²) in [6.07, 6.45) is 0. The molecular weight excluding hydrogens is 464 g/mol. The van der Waals surface area contributed by atoms with Crippen molar-refractivity contribution in [2.75, 3.05) is 0 Å². The Morgan fingerprint density at radius 2 is 1.08 bits per heavy atom. The molecule has 3 N–H and O–H groups in total. The molecule has 0 saturated carbocycles. The van der Waals surface area contributed by atoms with E-state index in [2.05, 4.69) is 15.9 Å². The van der Waals surface area contributed by atoms with E-state index < -0.39 is 50.6 Å². The van der Waals surface area contributed by atoms with E-state index in [1.807, 2.05) is 0 Å². The molecule has 0 radical (unpaired) electrons. The fourth-order valence-electron chi connectivity index (χ4n) is 2.02. The highest BCUT2D eigenvalue weighted by Crippen LogP contribution is 2.36. The number of hydrogen-bond donors (Lipinski definition) is 3. The summed E-state index contributed by atoms with van der Waals surface area (Å²) in [7, 11) is -15.3. The largest absolute Gasteiger partial charge is 0.295 e. The maximum Gasteiger partial charge on any atom is 0.295 e. The molecule has 13 heteroatoms. The fraction of sp³-hybridized carbons (Fsp3) is 0. The molecule has 2 aromatic carbocycles. The van der Waals surface area contributed by atoms with Gasteiger partial charge in [-0.1, -0.05) is 28.1 Å². The van der Waals surface area contributed by atoms with Crippen LogP contribution in [0.5, 0.6) is 0 Å². The maximum absolute atomic E-state index is 11.6. The fourth-order valence-corrected chi connectivity index (χ4v) is 4.56. The molecule has 0 aliphatic heterocycles. The van der Waals surface area contributed by atoms with Crippen LogP contribution in [-0.2, 0) is 30.4 Å². The molecule has 25 heavy (non-hydrogen) atoms. The minimum absolute atomic E-state index is 0.0506. The Morgan fingerprint density at radius 1 is 0.680 bits per heavy atom. The highest BCUT2D eigenvalue weighted by molar-refractivity contribution is 9.10. The van der Waals surface area contributed by atoms with Gasteiger partial charge in [0.15, 0.2) is 0 Å². The molecule has 0 amide bonds. The van der Waals surface area contributed by atoms with Crippen LogP contribution in [-0.4, -0.2) is 38.9 Å². The summed E-state index contributed by atoms with van der Waals surface area (Å²) in [6.45, 7) is 0. The highest BCUT2D eigenvalue weighted by Gasteiger charge is 2.29. The van der Waals surface area contributed by atoms with E-state index in [1.165, 1.54) is 24.3 Å². The van der Waals surface area contributed by atoms with Gasteiger partial charge in [0.1, 0.15) is 9.79 Å². The van der Waals surface area contributed by atoms with Gasteiger partial charge in [-0.2, -0.15) is 25.3 Å². The van der Waals surface area contributed by atoms with Crippen molar-refractivity contribution in [1.29, 1.82) is 0 Å². The van der Waals surface area contributed by atoms with Gasteiger partial charge in [-0.05, 0) is 29.8 Å². The van der Waals surface area contributed by atoms with Gasteiger partial charge in [0, 0.05) is 10.0 Å². The Balaban J connectivity index is 3.10. The summed E-state index contributed by atoms with van der Waals surface area (Å²) in [5.74, 6) is 0. The van der Waals surface area contributed by atoms with Crippen molar-refractivity contribution in [1.82, 2.24) is 0 Å². The summed E-state index contributed by atoms with van der Waals surface area (Å²) in [6, 6.07) is 6.17. The molecule has 136 valence electrons. The van der Waals surface area contributed by atoms with Crippen LogP contribution in [0, 0.1) is 0 Å². The predicted molar refractivity (Wildman–Crippen MR) is 89.0 cm³/mol. The lowest BCUT2D eigenvalue weighted by Gasteiger charge is -2.13. The third-order valence-electron chi connectivity index (χ3n) is 3.03. The zero-order valence-electron chi connectivity index (χ0n) is 11.9. The van der Waals surface area contributed by atoms with Crippen molar-refractivity contribution in [3.05, 3.63) is 40.9 Å². The first-order valence-electron chi connectivity index (χ1n) is 6.08. The second-order valence-corrected chi connectivity index (χ2v) is 9.84. The van der Waals surface area contributed by atoms with Crippen molar-refractivity contribution in [2.45, 2.75) is 14.7 Å².